The first-order valence-electron chi connectivity index (χ1n) is 9.82. The second kappa shape index (κ2) is 8.02. The number of carbonyl (C=O) groups excluding carboxylic acids is 1. The fourth-order valence-electron chi connectivity index (χ4n) is 3.83. The van der Waals surface area contributed by atoms with Crippen molar-refractivity contribution in [3.8, 4) is 0 Å². The summed E-state index contributed by atoms with van der Waals surface area (Å²) in [6.45, 7) is 9.21. The first-order valence-corrected chi connectivity index (χ1v) is 11.0. The maximum Gasteiger partial charge on any atom is 0.253 e. The molecule has 0 saturated carbocycles. The highest BCUT2D eigenvalue weighted by molar-refractivity contribution is 7.98. The highest BCUT2D eigenvalue weighted by Crippen LogP contribution is 2.20. The third-order valence-electron chi connectivity index (χ3n) is 5.54. The lowest BCUT2D eigenvalue weighted by Gasteiger charge is -2.36. The highest BCUT2D eigenvalue weighted by atomic mass is 32.2. The van der Waals surface area contributed by atoms with Gasteiger partial charge in [-0.25, -0.2) is 9.50 Å². The van der Waals surface area contributed by atoms with Gasteiger partial charge in [-0.05, 0) is 44.7 Å². The standard InChI is InChI=1S/C21H26N6OS/c1-14-6-5-7-17(12-14)25-8-10-26(11-9-25)19(28)13-18-15(2)22-20-23-21(29-4)24-27(20)16(18)3/h5-7,12H,8-11,13H2,1-4H3. The van der Waals surface area contributed by atoms with Crippen molar-refractivity contribution in [2.75, 3.05) is 37.3 Å². The fourth-order valence-corrected chi connectivity index (χ4v) is 4.17. The number of piperazine rings is 1. The number of nitrogens with zero attached hydrogens (tertiary/aromatic N) is 6. The van der Waals surface area contributed by atoms with E-state index in [1.54, 1.807) is 4.52 Å². The Hall–Kier alpha value is -2.61. The predicted molar refractivity (Wildman–Crippen MR) is 116 cm³/mol. The number of hydrogen-bond acceptors (Lipinski definition) is 6. The van der Waals surface area contributed by atoms with Crippen molar-refractivity contribution < 1.29 is 4.79 Å². The molecule has 0 unspecified atom stereocenters. The molecule has 4 rings (SSSR count). The van der Waals surface area contributed by atoms with Crippen LogP contribution in [0, 0.1) is 20.8 Å². The van der Waals surface area contributed by atoms with Crippen LogP contribution in [0.25, 0.3) is 5.78 Å². The van der Waals surface area contributed by atoms with Crippen LogP contribution in [0.4, 0.5) is 5.69 Å². The Kier molecular flexibility index (Phi) is 5.45. The number of aromatic nitrogens is 4. The van der Waals surface area contributed by atoms with Gasteiger partial charge in [0, 0.05) is 48.8 Å². The van der Waals surface area contributed by atoms with Gasteiger partial charge in [-0.1, -0.05) is 23.9 Å². The number of carbonyl (C=O) groups is 1. The van der Waals surface area contributed by atoms with Gasteiger partial charge in [0.2, 0.25) is 11.1 Å². The summed E-state index contributed by atoms with van der Waals surface area (Å²) < 4.78 is 1.75. The topological polar surface area (TPSA) is 66.6 Å². The van der Waals surface area contributed by atoms with E-state index in [1.165, 1.54) is 23.0 Å². The monoisotopic (exact) mass is 410 g/mol. The van der Waals surface area contributed by atoms with Crippen LogP contribution >= 0.6 is 11.8 Å². The fraction of sp³-hybridized carbons (Fsp3) is 0.429. The van der Waals surface area contributed by atoms with E-state index in [2.05, 4.69) is 51.2 Å². The van der Waals surface area contributed by atoms with Gasteiger partial charge in [-0.3, -0.25) is 4.79 Å². The molecule has 2 aromatic heterocycles. The minimum atomic E-state index is 0.145. The molecule has 8 heteroatoms. The molecule has 0 aliphatic carbocycles. The number of thioether (sulfide) groups is 1. The third-order valence-corrected chi connectivity index (χ3v) is 6.08. The summed E-state index contributed by atoms with van der Waals surface area (Å²) in [5.41, 5.74) is 5.22. The number of rotatable bonds is 4. The summed E-state index contributed by atoms with van der Waals surface area (Å²) in [7, 11) is 0. The van der Waals surface area contributed by atoms with Crippen LogP contribution in [0.3, 0.4) is 0 Å². The minimum absolute atomic E-state index is 0.145. The maximum atomic E-state index is 13.0. The molecule has 1 fully saturated rings. The van der Waals surface area contributed by atoms with Crippen LogP contribution < -0.4 is 4.90 Å². The number of amides is 1. The second-order valence-electron chi connectivity index (χ2n) is 7.46. The van der Waals surface area contributed by atoms with Gasteiger partial charge >= 0.3 is 0 Å². The zero-order chi connectivity index (χ0) is 20.5. The predicted octanol–water partition coefficient (Wildman–Crippen LogP) is 2.66. The summed E-state index contributed by atoms with van der Waals surface area (Å²) >= 11 is 1.49. The summed E-state index contributed by atoms with van der Waals surface area (Å²) in [6.07, 6.45) is 2.29. The third kappa shape index (κ3) is 3.94. The van der Waals surface area contributed by atoms with Crippen LogP contribution in [0.1, 0.15) is 22.5 Å². The molecule has 0 spiro atoms. The van der Waals surface area contributed by atoms with E-state index in [0.29, 0.717) is 17.4 Å². The molecule has 0 radical (unpaired) electrons. The highest BCUT2D eigenvalue weighted by Gasteiger charge is 2.23. The Balaban J connectivity index is 1.46. The molecule has 1 aliphatic heterocycles. The van der Waals surface area contributed by atoms with Crippen molar-refractivity contribution in [3.05, 3.63) is 46.8 Å². The smallest absolute Gasteiger partial charge is 0.253 e. The average molecular weight is 411 g/mol. The van der Waals surface area contributed by atoms with E-state index in [9.17, 15) is 4.79 Å². The first kappa shape index (κ1) is 19.7. The molecule has 0 bridgehead atoms. The molecule has 0 N–H and O–H groups in total. The normalized spacial score (nSPS) is 14.6. The lowest BCUT2D eigenvalue weighted by atomic mass is 10.1. The molecule has 3 aromatic rings. The quantitative estimate of drug-likeness (QED) is 0.616. The number of hydrogen-bond donors (Lipinski definition) is 0. The summed E-state index contributed by atoms with van der Waals surface area (Å²) in [4.78, 5) is 26.3. The Morgan fingerprint density at radius 2 is 1.86 bits per heavy atom. The Morgan fingerprint density at radius 3 is 2.55 bits per heavy atom. The van der Waals surface area contributed by atoms with E-state index in [4.69, 9.17) is 0 Å². The number of fused-ring (bicyclic) bond motifs is 1. The molecule has 1 saturated heterocycles. The van der Waals surface area contributed by atoms with E-state index in [1.807, 2.05) is 25.0 Å². The molecule has 1 amide bonds. The molecular formula is C21H26N6OS. The van der Waals surface area contributed by atoms with Crippen molar-refractivity contribution >= 4 is 29.1 Å². The molecule has 0 atom stereocenters. The molecular weight excluding hydrogens is 384 g/mol. The lowest BCUT2D eigenvalue weighted by Crippen LogP contribution is -2.49. The van der Waals surface area contributed by atoms with Crippen LogP contribution in [-0.2, 0) is 11.2 Å². The van der Waals surface area contributed by atoms with Gasteiger partial charge in [0.15, 0.2) is 0 Å². The number of benzene rings is 1. The zero-order valence-electron chi connectivity index (χ0n) is 17.3. The Morgan fingerprint density at radius 1 is 1.10 bits per heavy atom. The van der Waals surface area contributed by atoms with Crippen molar-refractivity contribution in [2.45, 2.75) is 32.3 Å². The molecule has 7 nitrogen and oxygen atoms in total. The summed E-state index contributed by atoms with van der Waals surface area (Å²) in [6, 6.07) is 8.53. The lowest BCUT2D eigenvalue weighted by molar-refractivity contribution is -0.130. The zero-order valence-corrected chi connectivity index (χ0v) is 18.2. The molecule has 1 aliphatic rings. The second-order valence-corrected chi connectivity index (χ2v) is 8.23. The van der Waals surface area contributed by atoms with Crippen LogP contribution in [0.15, 0.2) is 29.4 Å². The number of anilines is 1. The number of aryl methyl sites for hydroxylation is 3. The van der Waals surface area contributed by atoms with E-state index in [0.717, 1.165) is 43.1 Å². The SMILES string of the molecule is CSc1nc2nc(C)c(CC(=O)N3CCN(c4cccc(C)c4)CC3)c(C)n2n1. The van der Waals surface area contributed by atoms with Crippen molar-refractivity contribution in [3.63, 3.8) is 0 Å². The van der Waals surface area contributed by atoms with E-state index >= 15 is 0 Å². The van der Waals surface area contributed by atoms with E-state index < -0.39 is 0 Å². The Bertz CT molecular complexity index is 1050. The molecule has 29 heavy (non-hydrogen) atoms. The van der Waals surface area contributed by atoms with Crippen LogP contribution in [0.5, 0.6) is 0 Å². The van der Waals surface area contributed by atoms with Crippen LogP contribution in [0.2, 0.25) is 0 Å². The van der Waals surface area contributed by atoms with Crippen LogP contribution in [-0.4, -0.2) is 62.8 Å². The maximum absolute atomic E-state index is 13.0. The summed E-state index contributed by atoms with van der Waals surface area (Å²) in [5.74, 6) is 0.735. The Labute approximate surface area is 175 Å². The molecule has 3 heterocycles. The first-order chi connectivity index (χ1) is 14.0. The van der Waals surface area contributed by atoms with Gasteiger partial charge < -0.3 is 9.80 Å². The van der Waals surface area contributed by atoms with Gasteiger partial charge in [-0.15, -0.1) is 5.10 Å². The van der Waals surface area contributed by atoms with Crippen molar-refractivity contribution in [2.24, 2.45) is 0 Å². The average Bonchev–Trinajstić information content (AvgIpc) is 3.14. The van der Waals surface area contributed by atoms with Crippen molar-refractivity contribution in [1.82, 2.24) is 24.5 Å². The van der Waals surface area contributed by atoms with Gasteiger partial charge in [0.1, 0.15) is 0 Å². The largest absolute Gasteiger partial charge is 0.368 e. The molecule has 152 valence electrons. The van der Waals surface area contributed by atoms with Gasteiger partial charge in [0.05, 0.1) is 6.42 Å². The minimum Gasteiger partial charge on any atom is -0.368 e. The van der Waals surface area contributed by atoms with Gasteiger partial charge in [0.25, 0.3) is 5.78 Å². The van der Waals surface area contributed by atoms with Gasteiger partial charge in [-0.2, -0.15) is 4.98 Å². The summed E-state index contributed by atoms with van der Waals surface area (Å²) in [5, 5.41) is 5.17. The van der Waals surface area contributed by atoms with E-state index in [-0.39, 0.29) is 5.91 Å². The molecule has 1 aromatic carbocycles. The van der Waals surface area contributed by atoms with Crippen molar-refractivity contribution in [1.29, 1.82) is 0 Å².